The summed E-state index contributed by atoms with van der Waals surface area (Å²) in [7, 11) is -3.42. The van der Waals surface area contributed by atoms with Crippen molar-refractivity contribution in [2.45, 2.75) is 51.0 Å². The minimum absolute atomic E-state index is 0. The van der Waals surface area contributed by atoms with Crippen molar-refractivity contribution in [2.75, 3.05) is 13.1 Å². The highest BCUT2D eigenvalue weighted by Gasteiger charge is 2.26. The molecule has 2 atom stereocenters. The van der Waals surface area contributed by atoms with Gasteiger partial charge in [-0.25, -0.2) is 13.1 Å². The van der Waals surface area contributed by atoms with Gasteiger partial charge in [0.2, 0.25) is 10.0 Å². The lowest BCUT2D eigenvalue weighted by molar-refractivity contribution is 0.328. The molecule has 1 fully saturated rings. The molecule has 1 heterocycles. The second kappa shape index (κ2) is 9.02. The summed E-state index contributed by atoms with van der Waals surface area (Å²) in [6.45, 7) is 8.20. The maximum absolute atomic E-state index is 12.5. The van der Waals surface area contributed by atoms with E-state index >= 15 is 0 Å². The SMILES string of the molecule is CC(C)CCc1ccc(S(=O)(=O)NC2CCNCC2C)cc1.Cl. The van der Waals surface area contributed by atoms with Gasteiger partial charge in [-0.3, -0.25) is 0 Å². The van der Waals surface area contributed by atoms with Crippen molar-refractivity contribution in [3.8, 4) is 0 Å². The van der Waals surface area contributed by atoms with Gasteiger partial charge in [-0.2, -0.15) is 0 Å². The number of rotatable bonds is 6. The summed E-state index contributed by atoms with van der Waals surface area (Å²) in [6, 6.07) is 7.34. The molecule has 0 amide bonds. The van der Waals surface area contributed by atoms with E-state index in [1.807, 2.05) is 12.1 Å². The van der Waals surface area contributed by atoms with Gasteiger partial charge in [0.25, 0.3) is 0 Å². The average Bonchev–Trinajstić information content (AvgIpc) is 2.48. The predicted molar refractivity (Wildman–Crippen MR) is 97.6 cm³/mol. The smallest absolute Gasteiger partial charge is 0.240 e. The lowest BCUT2D eigenvalue weighted by Crippen LogP contribution is -2.48. The standard InChI is InChI=1S/C17H28N2O2S.ClH/c1-13(2)4-5-15-6-8-16(9-7-15)22(20,21)19-17-10-11-18-12-14(17)3;/h6-9,13-14,17-19H,4-5,10-12H2,1-3H3;1H. The van der Waals surface area contributed by atoms with Crippen LogP contribution in [0, 0.1) is 11.8 Å². The topological polar surface area (TPSA) is 58.2 Å². The third-order valence-corrected chi connectivity index (χ3v) is 5.84. The zero-order valence-corrected chi connectivity index (χ0v) is 15.8. The van der Waals surface area contributed by atoms with Gasteiger partial charge in [0, 0.05) is 6.04 Å². The molecule has 2 N–H and O–H groups in total. The molecule has 1 aromatic rings. The minimum atomic E-state index is -3.42. The number of sulfonamides is 1. The maximum atomic E-state index is 12.5. The molecule has 1 saturated heterocycles. The number of piperidine rings is 1. The zero-order valence-electron chi connectivity index (χ0n) is 14.2. The minimum Gasteiger partial charge on any atom is -0.316 e. The Morgan fingerprint density at radius 2 is 1.91 bits per heavy atom. The lowest BCUT2D eigenvalue weighted by Gasteiger charge is -2.29. The van der Waals surface area contributed by atoms with Crippen LogP contribution in [0.2, 0.25) is 0 Å². The highest BCUT2D eigenvalue weighted by molar-refractivity contribution is 7.89. The molecular weight excluding hydrogens is 332 g/mol. The van der Waals surface area contributed by atoms with Crippen molar-refractivity contribution < 1.29 is 8.42 Å². The highest BCUT2D eigenvalue weighted by atomic mass is 35.5. The van der Waals surface area contributed by atoms with Crippen molar-refractivity contribution in [3.63, 3.8) is 0 Å². The molecule has 6 heteroatoms. The first-order chi connectivity index (χ1) is 10.4. The van der Waals surface area contributed by atoms with Gasteiger partial charge in [-0.05, 0) is 61.9 Å². The number of hydrogen-bond donors (Lipinski definition) is 2. The third-order valence-electron chi connectivity index (χ3n) is 4.34. The Bertz CT molecular complexity index is 573. The molecule has 2 rings (SSSR count). The molecule has 0 aliphatic carbocycles. The van der Waals surface area contributed by atoms with Crippen molar-refractivity contribution >= 4 is 22.4 Å². The molecule has 1 aromatic carbocycles. The van der Waals surface area contributed by atoms with Crippen molar-refractivity contribution in [1.29, 1.82) is 0 Å². The molecule has 0 saturated carbocycles. The number of nitrogens with one attached hydrogen (secondary N) is 2. The Balaban J connectivity index is 0.00000264. The summed E-state index contributed by atoms with van der Waals surface area (Å²) in [5, 5.41) is 3.29. The van der Waals surface area contributed by atoms with Crippen LogP contribution in [0.25, 0.3) is 0 Å². The number of benzene rings is 1. The summed E-state index contributed by atoms with van der Waals surface area (Å²) in [4.78, 5) is 0.367. The largest absolute Gasteiger partial charge is 0.316 e. The molecule has 132 valence electrons. The normalized spacial score (nSPS) is 21.9. The number of halogens is 1. The second-order valence-electron chi connectivity index (χ2n) is 6.77. The van der Waals surface area contributed by atoms with E-state index in [0.717, 1.165) is 32.4 Å². The van der Waals surface area contributed by atoms with Gasteiger partial charge in [0.15, 0.2) is 0 Å². The van der Waals surface area contributed by atoms with Crippen molar-refractivity contribution in [3.05, 3.63) is 29.8 Å². The van der Waals surface area contributed by atoms with Crippen LogP contribution in [-0.2, 0) is 16.4 Å². The molecule has 0 radical (unpaired) electrons. The molecule has 23 heavy (non-hydrogen) atoms. The van der Waals surface area contributed by atoms with E-state index in [2.05, 4.69) is 30.8 Å². The van der Waals surface area contributed by atoms with Crippen LogP contribution < -0.4 is 10.0 Å². The van der Waals surface area contributed by atoms with Gasteiger partial charge in [-0.15, -0.1) is 12.4 Å². The van der Waals surface area contributed by atoms with Crippen LogP contribution in [0.4, 0.5) is 0 Å². The Kier molecular flexibility index (Phi) is 8.01. The molecule has 1 aliphatic rings. The monoisotopic (exact) mass is 360 g/mol. The molecular formula is C17H29ClN2O2S. The summed E-state index contributed by atoms with van der Waals surface area (Å²) >= 11 is 0. The van der Waals surface area contributed by atoms with E-state index in [4.69, 9.17) is 0 Å². The molecule has 2 unspecified atom stereocenters. The van der Waals surface area contributed by atoms with E-state index in [1.54, 1.807) is 12.1 Å². The van der Waals surface area contributed by atoms with Gasteiger partial charge in [-0.1, -0.05) is 32.9 Å². The average molecular weight is 361 g/mol. The molecule has 1 aliphatic heterocycles. The van der Waals surface area contributed by atoms with Gasteiger partial charge in [0.1, 0.15) is 0 Å². The van der Waals surface area contributed by atoms with Crippen LogP contribution in [-0.4, -0.2) is 27.5 Å². The highest BCUT2D eigenvalue weighted by Crippen LogP contribution is 2.17. The van der Waals surface area contributed by atoms with Crippen LogP contribution >= 0.6 is 12.4 Å². The lowest BCUT2D eigenvalue weighted by atomic mass is 9.97. The van der Waals surface area contributed by atoms with Crippen LogP contribution in [0.15, 0.2) is 29.2 Å². The number of aryl methyl sites for hydroxylation is 1. The van der Waals surface area contributed by atoms with E-state index in [1.165, 1.54) is 5.56 Å². The zero-order chi connectivity index (χ0) is 16.2. The Morgan fingerprint density at radius 3 is 2.48 bits per heavy atom. The summed E-state index contributed by atoms with van der Waals surface area (Å²) < 4.78 is 27.8. The fraction of sp³-hybridized carbons (Fsp3) is 0.647. The first-order valence-corrected chi connectivity index (χ1v) is 9.69. The number of hydrogen-bond acceptors (Lipinski definition) is 3. The summed E-state index contributed by atoms with van der Waals surface area (Å²) in [5.41, 5.74) is 1.20. The predicted octanol–water partition coefficient (Wildman–Crippen LogP) is 2.97. The third kappa shape index (κ3) is 6.07. The van der Waals surface area contributed by atoms with E-state index < -0.39 is 10.0 Å². The second-order valence-corrected chi connectivity index (χ2v) is 8.49. The van der Waals surface area contributed by atoms with Crippen molar-refractivity contribution in [1.82, 2.24) is 10.0 Å². The quantitative estimate of drug-likeness (QED) is 0.819. The Hall–Kier alpha value is -0.620. The fourth-order valence-corrected chi connectivity index (χ4v) is 4.13. The molecule has 0 spiro atoms. The molecule has 4 nitrogen and oxygen atoms in total. The van der Waals surface area contributed by atoms with Gasteiger partial charge in [0.05, 0.1) is 4.90 Å². The Labute approximate surface area is 146 Å². The summed E-state index contributed by atoms with van der Waals surface area (Å²) in [6.07, 6.45) is 2.96. The van der Waals surface area contributed by atoms with Gasteiger partial charge >= 0.3 is 0 Å². The Morgan fingerprint density at radius 1 is 1.26 bits per heavy atom. The summed E-state index contributed by atoms with van der Waals surface area (Å²) in [5.74, 6) is 0.973. The first kappa shape index (κ1) is 20.4. The first-order valence-electron chi connectivity index (χ1n) is 8.20. The van der Waals surface area contributed by atoms with E-state index in [9.17, 15) is 8.42 Å². The van der Waals surface area contributed by atoms with E-state index in [-0.39, 0.29) is 18.4 Å². The van der Waals surface area contributed by atoms with Crippen LogP contribution in [0.1, 0.15) is 39.2 Å². The van der Waals surface area contributed by atoms with Crippen LogP contribution in [0.3, 0.4) is 0 Å². The molecule has 0 bridgehead atoms. The van der Waals surface area contributed by atoms with Crippen molar-refractivity contribution in [2.24, 2.45) is 11.8 Å². The van der Waals surface area contributed by atoms with E-state index in [0.29, 0.717) is 16.7 Å². The maximum Gasteiger partial charge on any atom is 0.240 e. The van der Waals surface area contributed by atoms with Gasteiger partial charge < -0.3 is 5.32 Å². The molecule has 0 aromatic heterocycles. The fourth-order valence-electron chi connectivity index (χ4n) is 2.75. The van der Waals surface area contributed by atoms with Crippen LogP contribution in [0.5, 0.6) is 0 Å².